The van der Waals surface area contributed by atoms with E-state index in [4.69, 9.17) is 33.2 Å². The number of nitriles is 1. The van der Waals surface area contributed by atoms with Crippen LogP contribution < -0.4 is 23.7 Å². The Labute approximate surface area is 276 Å². The number of aryl methyl sites for hydroxylation is 1. The first-order chi connectivity index (χ1) is 22.6. The lowest BCUT2D eigenvalue weighted by atomic mass is 9.71. The standard InChI is InChI=1S/C33H37N3O10S/c1-14-7-17-8-18-19(9-34)36-20-10-42-33(39)21(38)11-47-32(24-23(20)31-29(44-13-45-31)15(2)28(24)46-16(3)37)26(36)25(35(18)4)22(17)30(27(14)41-6)43-12-40-5/h7,18-21,25-26,32,38H,8,10-13H2,1-6H3/t18-,19-,20+,21?,25+,26?,32+/m0/s1. The van der Waals surface area contributed by atoms with Crippen LogP contribution in [0.4, 0.5) is 0 Å². The summed E-state index contributed by atoms with van der Waals surface area (Å²) in [5, 5.41) is 21.3. The number of carbonyl (C=O) groups excluding carboxylic acids is 2. The number of aliphatic hydroxyl groups is 1. The molecule has 2 unspecified atom stereocenters. The van der Waals surface area contributed by atoms with E-state index in [-0.39, 0.29) is 38.0 Å². The van der Waals surface area contributed by atoms with Crippen LogP contribution in [0, 0.1) is 25.2 Å². The Morgan fingerprint density at radius 2 is 1.89 bits per heavy atom. The fourth-order valence-corrected chi connectivity index (χ4v) is 9.61. The van der Waals surface area contributed by atoms with Crippen molar-refractivity contribution < 1.29 is 47.9 Å². The Bertz CT molecular complexity index is 1690. The Balaban J connectivity index is 1.56. The summed E-state index contributed by atoms with van der Waals surface area (Å²) in [7, 11) is 5.17. The van der Waals surface area contributed by atoms with E-state index in [0.717, 1.165) is 16.7 Å². The summed E-state index contributed by atoms with van der Waals surface area (Å²) in [6.45, 7) is 4.90. The van der Waals surface area contributed by atoms with Crippen molar-refractivity contribution in [1.82, 2.24) is 9.80 Å². The van der Waals surface area contributed by atoms with Crippen LogP contribution in [-0.2, 0) is 25.5 Å². The van der Waals surface area contributed by atoms with Crippen LogP contribution >= 0.6 is 11.8 Å². The molecule has 7 atom stereocenters. The highest BCUT2D eigenvalue weighted by molar-refractivity contribution is 7.99. The Kier molecular flexibility index (Phi) is 8.16. The molecule has 47 heavy (non-hydrogen) atoms. The van der Waals surface area contributed by atoms with Crippen molar-refractivity contribution in [3.05, 3.63) is 39.4 Å². The molecule has 0 spiro atoms. The SMILES string of the molecule is COCOc1c(OC)c(C)cc2c1[C@@H]1C3[C@@H]4SCC(O)C(=O)OC[C@H](c5c6c(c(C)c(OC(C)=O)c54)OCO6)N3[C@@H](C#N)[C@H](C2)N1C. The maximum atomic E-state index is 12.9. The first kappa shape index (κ1) is 31.8. The van der Waals surface area contributed by atoms with Crippen molar-refractivity contribution in [2.45, 2.75) is 68.8 Å². The highest BCUT2D eigenvalue weighted by Gasteiger charge is 2.60. The molecule has 0 amide bonds. The van der Waals surface area contributed by atoms with Crippen LogP contribution in [0.15, 0.2) is 6.07 Å². The molecule has 7 rings (SSSR count). The molecule has 5 aliphatic rings. The summed E-state index contributed by atoms with van der Waals surface area (Å²) in [5.74, 6) is 1.15. The van der Waals surface area contributed by atoms with Crippen molar-refractivity contribution >= 4 is 23.7 Å². The van der Waals surface area contributed by atoms with E-state index in [0.29, 0.717) is 51.9 Å². The van der Waals surface area contributed by atoms with E-state index < -0.39 is 41.4 Å². The second-order valence-corrected chi connectivity index (χ2v) is 13.6. The van der Waals surface area contributed by atoms with Gasteiger partial charge in [0.25, 0.3) is 0 Å². The van der Waals surface area contributed by atoms with Crippen LogP contribution in [-0.4, -0.2) is 98.3 Å². The van der Waals surface area contributed by atoms with Gasteiger partial charge in [-0.1, -0.05) is 6.07 Å². The van der Waals surface area contributed by atoms with E-state index in [9.17, 15) is 20.0 Å². The summed E-state index contributed by atoms with van der Waals surface area (Å²) < 4.78 is 41.3. The number of rotatable bonds is 5. The average Bonchev–Trinajstić information content (AvgIpc) is 3.53. The van der Waals surface area contributed by atoms with Gasteiger partial charge < -0.3 is 38.3 Å². The fourth-order valence-electron chi connectivity index (χ4n) is 8.20. The van der Waals surface area contributed by atoms with Gasteiger partial charge in [-0.25, -0.2) is 4.79 Å². The molecule has 5 heterocycles. The Morgan fingerprint density at radius 1 is 1.13 bits per heavy atom. The number of ether oxygens (including phenoxy) is 7. The average molecular weight is 668 g/mol. The number of carbonyl (C=O) groups is 2. The fraction of sp³-hybridized carbons (Fsp3) is 0.545. The molecule has 2 aromatic rings. The van der Waals surface area contributed by atoms with Gasteiger partial charge in [-0.2, -0.15) is 5.26 Å². The number of benzene rings is 2. The second kappa shape index (κ2) is 12.1. The molecule has 2 saturated heterocycles. The third-order valence-electron chi connectivity index (χ3n) is 9.94. The lowest BCUT2D eigenvalue weighted by molar-refractivity contribution is -0.157. The van der Waals surface area contributed by atoms with Gasteiger partial charge in [0, 0.05) is 54.1 Å². The zero-order valence-electron chi connectivity index (χ0n) is 27.0. The number of thioether (sulfide) groups is 1. The van der Waals surface area contributed by atoms with E-state index >= 15 is 0 Å². The molecule has 14 heteroatoms. The van der Waals surface area contributed by atoms with Gasteiger partial charge in [-0.15, -0.1) is 11.8 Å². The van der Waals surface area contributed by atoms with Gasteiger partial charge in [-0.3, -0.25) is 14.6 Å². The Morgan fingerprint density at radius 3 is 2.60 bits per heavy atom. The largest absolute Gasteiger partial charge is 0.493 e. The number of esters is 2. The van der Waals surface area contributed by atoms with Crippen molar-refractivity contribution in [2.24, 2.45) is 0 Å². The first-order valence-electron chi connectivity index (χ1n) is 15.4. The van der Waals surface area contributed by atoms with Gasteiger partial charge in [0.1, 0.15) is 18.4 Å². The number of nitrogens with zero attached hydrogens (tertiary/aromatic N) is 3. The van der Waals surface area contributed by atoms with Gasteiger partial charge >= 0.3 is 11.9 Å². The molecule has 250 valence electrons. The minimum absolute atomic E-state index is 0.000855. The molecule has 2 fully saturated rings. The van der Waals surface area contributed by atoms with Crippen molar-refractivity contribution in [3.8, 4) is 34.8 Å². The predicted molar refractivity (Wildman–Crippen MR) is 167 cm³/mol. The summed E-state index contributed by atoms with van der Waals surface area (Å²) in [6, 6.07) is 2.30. The summed E-state index contributed by atoms with van der Waals surface area (Å²) in [5.41, 5.74) is 4.78. The van der Waals surface area contributed by atoms with Crippen LogP contribution in [0.5, 0.6) is 28.7 Å². The predicted octanol–water partition coefficient (Wildman–Crippen LogP) is 2.87. The lowest BCUT2D eigenvalue weighted by Gasteiger charge is -2.61. The molecule has 0 radical (unpaired) electrons. The van der Waals surface area contributed by atoms with Gasteiger partial charge in [0.05, 0.1) is 30.5 Å². The molecule has 0 aliphatic carbocycles. The second-order valence-electron chi connectivity index (χ2n) is 12.4. The number of methoxy groups -OCH3 is 2. The summed E-state index contributed by atoms with van der Waals surface area (Å²) in [6.07, 6.45) is -0.829. The number of hydrogen-bond donors (Lipinski definition) is 1. The maximum absolute atomic E-state index is 12.9. The monoisotopic (exact) mass is 667 g/mol. The number of hydrogen-bond acceptors (Lipinski definition) is 14. The van der Waals surface area contributed by atoms with Crippen LogP contribution in [0.2, 0.25) is 0 Å². The molecule has 0 saturated carbocycles. The lowest BCUT2D eigenvalue weighted by Crippen LogP contribution is -2.69. The molecule has 13 nitrogen and oxygen atoms in total. The number of cyclic esters (lactones) is 1. The molecule has 1 N–H and O–H groups in total. The van der Waals surface area contributed by atoms with Gasteiger partial charge in [-0.05, 0) is 38.4 Å². The van der Waals surface area contributed by atoms with Gasteiger partial charge in [0.2, 0.25) is 6.79 Å². The topological polar surface area (TPSA) is 149 Å². The molecular weight excluding hydrogens is 630 g/mol. The van der Waals surface area contributed by atoms with Crippen molar-refractivity contribution in [3.63, 3.8) is 0 Å². The zero-order valence-corrected chi connectivity index (χ0v) is 27.8. The molecule has 0 aromatic heterocycles. The number of fused-ring (bicyclic) bond motifs is 9. The molecular formula is C33H37N3O10S. The zero-order chi connectivity index (χ0) is 33.3. The van der Waals surface area contributed by atoms with Gasteiger partial charge in [0.15, 0.2) is 35.9 Å². The molecule has 4 bridgehead atoms. The maximum Gasteiger partial charge on any atom is 0.335 e. The summed E-state index contributed by atoms with van der Waals surface area (Å²) in [4.78, 5) is 29.9. The minimum atomic E-state index is -1.38. The Hall–Kier alpha value is -3.74. The number of likely N-dealkylation sites (N-methyl/N-ethyl adjacent to an activating group) is 1. The number of piperazine rings is 1. The van der Waals surface area contributed by atoms with Crippen molar-refractivity contribution in [1.29, 1.82) is 5.26 Å². The third-order valence-corrected chi connectivity index (χ3v) is 11.3. The third kappa shape index (κ3) is 4.74. The minimum Gasteiger partial charge on any atom is -0.493 e. The highest BCUT2D eigenvalue weighted by Crippen LogP contribution is 2.64. The summed E-state index contributed by atoms with van der Waals surface area (Å²) >= 11 is 1.35. The van der Waals surface area contributed by atoms with E-state index in [1.165, 1.54) is 18.7 Å². The van der Waals surface area contributed by atoms with Crippen LogP contribution in [0.25, 0.3) is 0 Å². The van der Waals surface area contributed by atoms with E-state index in [2.05, 4.69) is 21.9 Å². The molecule has 5 aliphatic heterocycles. The highest BCUT2D eigenvalue weighted by atomic mass is 32.2. The van der Waals surface area contributed by atoms with Crippen LogP contribution in [0.3, 0.4) is 0 Å². The molecule has 2 aromatic carbocycles. The first-order valence-corrected chi connectivity index (χ1v) is 16.5. The normalized spacial score (nSPS) is 29.1. The smallest absolute Gasteiger partial charge is 0.335 e. The van der Waals surface area contributed by atoms with Crippen molar-refractivity contribution in [2.75, 3.05) is 47.2 Å². The quantitative estimate of drug-likeness (QED) is 0.283. The van der Waals surface area contributed by atoms with E-state index in [1.807, 2.05) is 20.9 Å². The van der Waals surface area contributed by atoms with Crippen LogP contribution in [0.1, 0.15) is 57.6 Å². The van der Waals surface area contributed by atoms with E-state index in [1.54, 1.807) is 14.2 Å². The number of aliphatic hydroxyl groups excluding tert-OH is 1.